The lowest BCUT2D eigenvalue weighted by atomic mass is 9.99. The van der Waals surface area contributed by atoms with E-state index in [2.05, 4.69) is 39.5 Å². The SMILES string of the molecule is Cc1cc(C)c(CS)c(N)c1C. The Bertz CT molecular complexity index is 305. The fraction of sp³-hybridized carbons (Fsp3) is 0.400. The molecule has 12 heavy (non-hydrogen) atoms. The number of rotatable bonds is 1. The van der Waals surface area contributed by atoms with Crippen LogP contribution in [-0.4, -0.2) is 0 Å². The molecular weight excluding hydrogens is 166 g/mol. The molecule has 0 aliphatic carbocycles. The fourth-order valence-corrected chi connectivity index (χ4v) is 1.80. The molecule has 0 amide bonds. The normalized spacial score (nSPS) is 10.3. The summed E-state index contributed by atoms with van der Waals surface area (Å²) >= 11 is 4.25. The van der Waals surface area contributed by atoms with E-state index in [4.69, 9.17) is 5.73 Å². The van der Waals surface area contributed by atoms with Crippen LogP contribution >= 0.6 is 12.6 Å². The van der Waals surface area contributed by atoms with Gasteiger partial charge in [-0.15, -0.1) is 0 Å². The largest absolute Gasteiger partial charge is 0.398 e. The number of nitrogen functional groups attached to an aromatic ring is 1. The van der Waals surface area contributed by atoms with E-state index in [1.165, 1.54) is 22.3 Å². The topological polar surface area (TPSA) is 26.0 Å². The molecule has 0 spiro atoms. The van der Waals surface area contributed by atoms with Gasteiger partial charge in [0, 0.05) is 11.4 Å². The summed E-state index contributed by atoms with van der Waals surface area (Å²) in [6.45, 7) is 6.21. The van der Waals surface area contributed by atoms with Crippen LogP contribution in [0.4, 0.5) is 5.69 Å². The van der Waals surface area contributed by atoms with E-state index in [0.29, 0.717) is 0 Å². The molecule has 0 saturated carbocycles. The third-order valence-corrected chi connectivity index (χ3v) is 2.70. The molecule has 2 N–H and O–H groups in total. The Morgan fingerprint density at radius 1 is 1.25 bits per heavy atom. The Balaban J connectivity index is 3.40. The van der Waals surface area contributed by atoms with E-state index >= 15 is 0 Å². The van der Waals surface area contributed by atoms with Gasteiger partial charge >= 0.3 is 0 Å². The molecule has 1 rings (SSSR count). The minimum atomic E-state index is 0.721. The molecule has 0 fully saturated rings. The lowest BCUT2D eigenvalue weighted by Crippen LogP contribution is -2.00. The zero-order valence-corrected chi connectivity index (χ0v) is 8.70. The summed E-state index contributed by atoms with van der Waals surface area (Å²) in [4.78, 5) is 0. The van der Waals surface area contributed by atoms with Crippen molar-refractivity contribution >= 4 is 18.3 Å². The summed E-state index contributed by atoms with van der Waals surface area (Å²) in [7, 11) is 0. The van der Waals surface area contributed by atoms with E-state index in [1.807, 2.05) is 0 Å². The van der Waals surface area contributed by atoms with E-state index in [0.717, 1.165) is 11.4 Å². The van der Waals surface area contributed by atoms with Crippen molar-refractivity contribution in [1.29, 1.82) is 0 Å². The molecule has 1 nitrogen and oxygen atoms in total. The monoisotopic (exact) mass is 181 g/mol. The molecule has 2 heteroatoms. The number of benzene rings is 1. The van der Waals surface area contributed by atoms with Gasteiger partial charge in [0.2, 0.25) is 0 Å². The van der Waals surface area contributed by atoms with Crippen LogP contribution in [0.15, 0.2) is 6.07 Å². The summed E-state index contributed by atoms with van der Waals surface area (Å²) < 4.78 is 0. The third kappa shape index (κ3) is 1.44. The van der Waals surface area contributed by atoms with Crippen molar-refractivity contribution in [2.45, 2.75) is 26.5 Å². The minimum absolute atomic E-state index is 0.721. The first-order chi connectivity index (χ1) is 5.57. The number of hydrogen-bond donors (Lipinski definition) is 2. The van der Waals surface area contributed by atoms with Gasteiger partial charge in [-0.05, 0) is 43.0 Å². The molecule has 0 radical (unpaired) electrons. The average molecular weight is 181 g/mol. The van der Waals surface area contributed by atoms with Crippen molar-refractivity contribution in [3.63, 3.8) is 0 Å². The second-order valence-electron chi connectivity index (χ2n) is 3.19. The standard InChI is InChI=1S/C10H15NS/c1-6-4-7(2)9(5-12)10(11)8(6)3/h4,12H,5,11H2,1-3H3. The number of hydrogen-bond acceptors (Lipinski definition) is 2. The summed E-state index contributed by atoms with van der Waals surface area (Å²) in [5.41, 5.74) is 11.7. The van der Waals surface area contributed by atoms with Gasteiger partial charge in [-0.2, -0.15) is 12.6 Å². The van der Waals surface area contributed by atoms with Crippen molar-refractivity contribution in [2.24, 2.45) is 0 Å². The lowest BCUT2D eigenvalue weighted by molar-refractivity contribution is 1.24. The molecule has 0 aliphatic rings. The van der Waals surface area contributed by atoms with Crippen LogP contribution in [0.25, 0.3) is 0 Å². The zero-order valence-electron chi connectivity index (χ0n) is 7.81. The maximum absolute atomic E-state index is 5.95. The Labute approximate surface area is 79.4 Å². The molecule has 0 unspecified atom stereocenters. The second kappa shape index (κ2) is 3.40. The van der Waals surface area contributed by atoms with Gasteiger partial charge in [0.1, 0.15) is 0 Å². The highest BCUT2D eigenvalue weighted by Crippen LogP contribution is 2.25. The molecule has 1 aromatic carbocycles. The van der Waals surface area contributed by atoms with Crippen LogP contribution in [-0.2, 0) is 5.75 Å². The van der Waals surface area contributed by atoms with Gasteiger partial charge in [0.15, 0.2) is 0 Å². The number of nitrogens with two attached hydrogens (primary N) is 1. The summed E-state index contributed by atoms with van der Waals surface area (Å²) in [5, 5.41) is 0. The van der Waals surface area contributed by atoms with Crippen LogP contribution in [0.5, 0.6) is 0 Å². The molecule has 0 aliphatic heterocycles. The predicted molar refractivity (Wildman–Crippen MR) is 57.8 cm³/mol. The Morgan fingerprint density at radius 2 is 1.83 bits per heavy atom. The molecule has 66 valence electrons. The zero-order chi connectivity index (χ0) is 9.30. The van der Waals surface area contributed by atoms with Crippen molar-refractivity contribution < 1.29 is 0 Å². The Kier molecular flexibility index (Phi) is 2.68. The lowest BCUT2D eigenvalue weighted by Gasteiger charge is -2.12. The van der Waals surface area contributed by atoms with Gasteiger partial charge in [0.25, 0.3) is 0 Å². The van der Waals surface area contributed by atoms with Crippen LogP contribution < -0.4 is 5.73 Å². The molecule has 0 bridgehead atoms. The van der Waals surface area contributed by atoms with Crippen LogP contribution in [0, 0.1) is 20.8 Å². The number of aryl methyl sites for hydroxylation is 2. The first kappa shape index (κ1) is 9.46. The van der Waals surface area contributed by atoms with Gasteiger partial charge in [0.05, 0.1) is 0 Å². The van der Waals surface area contributed by atoms with Crippen LogP contribution in [0.2, 0.25) is 0 Å². The van der Waals surface area contributed by atoms with E-state index in [9.17, 15) is 0 Å². The van der Waals surface area contributed by atoms with Gasteiger partial charge in [-0.3, -0.25) is 0 Å². The van der Waals surface area contributed by atoms with Gasteiger partial charge in [-0.25, -0.2) is 0 Å². The van der Waals surface area contributed by atoms with Crippen molar-refractivity contribution in [1.82, 2.24) is 0 Å². The number of anilines is 1. The molecule has 0 heterocycles. The summed E-state index contributed by atoms with van der Waals surface area (Å²) in [6.07, 6.45) is 0. The van der Waals surface area contributed by atoms with E-state index < -0.39 is 0 Å². The second-order valence-corrected chi connectivity index (χ2v) is 3.50. The smallest absolute Gasteiger partial charge is 0.0390 e. The quantitative estimate of drug-likeness (QED) is 0.505. The van der Waals surface area contributed by atoms with Crippen molar-refractivity contribution in [2.75, 3.05) is 5.73 Å². The highest BCUT2D eigenvalue weighted by Gasteiger charge is 2.06. The molecule has 0 saturated heterocycles. The summed E-state index contributed by atoms with van der Waals surface area (Å²) in [5.74, 6) is 0.721. The fourth-order valence-electron chi connectivity index (χ4n) is 1.38. The first-order valence-electron chi connectivity index (χ1n) is 4.04. The predicted octanol–water partition coefficient (Wildman–Crippen LogP) is 2.62. The molecule has 1 aromatic rings. The Morgan fingerprint density at radius 3 is 2.33 bits per heavy atom. The van der Waals surface area contributed by atoms with Crippen LogP contribution in [0.1, 0.15) is 22.3 Å². The van der Waals surface area contributed by atoms with Crippen molar-refractivity contribution in [3.8, 4) is 0 Å². The van der Waals surface area contributed by atoms with Gasteiger partial charge in [-0.1, -0.05) is 6.07 Å². The highest BCUT2D eigenvalue weighted by atomic mass is 32.1. The van der Waals surface area contributed by atoms with Crippen LogP contribution in [0.3, 0.4) is 0 Å². The maximum atomic E-state index is 5.95. The molecule has 0 atom stereocenters. The number of thiol groups is 1. The van der Waals surface area contributed by atoms with Gasteiger partial charge < -0.3 is 5.73 Å². The highest BCUT2D eigenvalue weighted by molar-refractivity contribution is 7.79. The minimum Gasteiger partial charge on any atom is -0.398 e. The summed E-state index contributed by atoms with van der Waals surface area (Å²) in [6, 6.07) is 2.16. The third-order valence-electron chi connectivity index (χ3n) is 2.39. The van der Waals surface area contributed by atoms with Crippen molar-refractivity contribution in [3.05, 3.63) is 28.3 Å². The Hall–Kier alpha value is -0.630. The molecular formula is C10H15NS. The first-order valence-corrected chi connectivity index (χ1v) is 4.67. The van der Waals surface area contributed by atoms with E-state index in [-0.39, 0.29) is 0 Å². The molecule has 0 aromatic heterocycles. The average Bonchev–Trinajstić information content (AvgIpc) is 2.01. The maximum Gasteiger partial charge on any atom is 0.0390 e. The van der Waals surface area contributed by atoms with E-state index in [1.54, 1.807) is 0 Å².